The van der Waals surface area contributed by atoms with Crippen LogP contribution in [0, 0.1) is 11.8 Å². The zero-order valence-corrected chi connectivity index (χ0v) is 10.6. The molecule has 0 amide bonds. The molecule has 0 spiro atoms. The second-order valence-corrected chi connectivity index (χ2v) is 5.93. The Morgan fingerprint density at radius 1 is 1.60 bits per heavy atom. The van der Waals surface area contributed by atoms with E-state index in [1.807, 2.05) is 11.7 Å². The van der Waals surface area contributed by atoms with Crippen molar-refractivity contribution in [3.8, 4) is 0 Å². The van der Waals surface area contributed by atoms with Crippen LogP contribution in [-0.2, 0) is 6.54 Å². The minimum Gasteiger partial charge on any atom is -0.296 e. The maximum atomic E-state index is 4.14. The van der Waals surface area contributed by atoms with E-state index in [1.165, 1.54) is 17.8 Å². The van der Waals surface area contributed by atoms with Crippen LogP contribution >= 0.6 is 11.3 Å². The highest BCUT2D eigenvalue weighted by Crippen LogP contribution is 2.38. The Morgan fingerprint density at radius 3 is 2.80 bits per heavy atom. The van der Waals surface area contributed by atoms with Gasteiger partial charge in [-0.2, -0.15) is 0 Å². The Morgan fingerprint density at radius 2 is 2.33 bits per heavy atom. The van der Waals surface area contributed by atoms with Crippen molar-refractivity contribution in [3.05, 3.63) is 16.6 Å². The lowest BCUT2D eigenvalue weighted by Crippen LogP contribution is -2.32. The third-order valence-electron chi connectivity index (χ3n) is 3.32. The van der Waals surface area contributed by atoms with Gasteiger partial charge in [0.25, 0.3) is 0 Å². The second kappa shape index (κ2) is 4.62. The Bertz CT molecular complexity index is 295. The molecular formula is C12H20N2S. The molecule has 1 fully saturated rings. The summed E-state index contributed by atoms with van der Waals surface area (Å²) in [6, 6.07) is 0.639. The summed E-state index contributed by atoms with van der Waals surface area (Å²) in [7, 11) is 0. The molecule has 2 rings (SSSR count). The van der Waals surface area contributed by atoms with Crippen molar-refractivity contribution in [2.75, 3.05) is 6.54 Å². The molecule has 1 aromatic rings. The average Bonchev–Trinajstić information content (AvgIpc) is 2.66. The number of aromatic nitrogens is 1. The Kier molecular flexibility index (Phi) is 3.42. The van der Waals surface area contributed by atoms with E-state index in [-0.39, 0.29) is 0 Å². The van der Waals surface area contributed by atoms with Gasteiger partial charge in [-0.1, -0.05) is 6.92 Å². The minimum atomic E-state index is 0.639. The van der Waals surface area contributed by atoms with Crippen LogP contribution in [0.4, 0.5) is 0 Å². The maximum absolute atomic E-state index is 4.14. The van der Waals surface area contributed by atoms with E-state index in [9.17, 15) is 0 Å². The highest BCUT2D eigenvalue weighted by atomic mass is 32.1. The van der Waals surface area contributed by atoms with Gasteiger partial charge in [0.2, 0.25) is 0 Å². The van der Waals surface area contributed by atoms with Crippen LogP contribution in [-0.4, -0.2) is 22.5 Å². The van der Waals surface area contributed by atoms with Crippen LogP contribution < -0.4 is 0 Å². The fourth-order valence-corrected chi connectivity index (χ4v) is 2.55. The van der Waals surface area contributed by atoms with Crippen LogP contribution in [0.2, 0.25) is 0 Å². The summed E-state index contributed by atoms with van der Waals surface area (Å²) in [5.41, 5.74) is 1.92. The van der Waals surface area contributed by atoms with Gasteiger partial charge in [-0.05, 0) is 32.1 Å². The Labute approximate surface area is 96.3 Å². The van der Waals surface area contributed by atoms with Gasteiger partial charge in [-0.15, -0.1) is 11.3 Å². The van der Waals surface area contributed by atoms with Crippen molar-refractivity contribution in [1.82, 2.24) is 9.88 Å². The number of rotatable bonds is 5. The highest BCUT2D eigenvalue weighted by molar-refractivity contribution is 7.09. The zero-order chi connectivity index (χ0) is 10.8. The number of hydrogen-bond donors (Lipinski definition) is 0. The molecule has 0 bridgehead atoms. The van der Waals surface area contributed by atoms with Crippen LogP contribution in [0.15, 0.2) is 11.7 Å². The van der Waals surface area contributed by atoms with Gasteiger partial charge in [0.1, 0.15) is 0 Å². The fourth-order valence-electron chi connectivity index (χ4n) is 1.93. The lowest BCUT2D eigenvalue weighted by atomic mass is 10.2. The van der Waals surface area contributed by atoms with E-state index in [0.717, 1.165) is 18.4 Å². The molecule has 2 atom stereocenters. The second-order valence-electron chi connectivity index (χ2n) is 4.96. The summed E-state index contributed by atoms with van der Waals surface area (Å²) in [4.78, 5) is 8.09. The van der Waals surface area contributed by atoms with Crippen molar-refractivity contribution >= 4 is 11.3 Å². The monoisotopic (exact) mass is 224 g/mol. The quantitative estimate of drug-likeness (QED) is 0.764. The molecule has 0 unspecified atom stereocenters. The zero-order valence-electron chi connectivity index (χ0n) is 9.81. The Hall–Kier alpha value is -0.410. The van der Waals surface area contributed by atoms with E-state index in [1.54, 1.807) is 11.3 Å². The predicted octanol–water partition coefficient (Wildman–Crippen LogP) is 3.01. The molecule has 3 heteroatoms. The predicted molar refractivity (Wildman–Crippen MR) is 64.9 cm³/mol. The number of nitrogens with zero attached hydrogens (tertiary/aromatic N) is 2. The van der Waals surface area contributed by atoms with Crippen LogP contribution in [0.3, 0.4) is 0 Å². The highest BCUT2D eigenvalue weighted by Gasteiger charge is 2.34. The number of thiazole rings is 1. The van der Waals surface area contributed by atoms with Gasteiger partial charge in [0.15, 0.2) is 0 Å². The molecule has 84 valence electrons. The van der Waals surface area contributed by atoms with E-state index in [4.69, 9.17) is 0 Å². The largest absolute Gasteiger partial charge is 0.296 e. The molecule has 0 N–H and O–H groups in total. The van der Waals surface area contributed by atoms with Gasteiger partial charge < -0.3 is 0 Å². The minimum absolute atomic E-state index is 0.639. The van der Waals surface area contributed by atoms with Crippen molar-refractivity contribution in [1.29, 1.82) is 0 Å². The first kappa shape index (κ1) is 11.1. The van der Waals surface area contributed by atoms with Crippen molar-refractivity contribution in [3.63, 3.8) is 0 Å². The topological polar surface area (TPSA) is 16.1 Å². The third kappa shape index (κ3) is 3.02. The molecule has 15 heavy (non-hydrogen) atoms. The standard InChI is InChI=1S/C12H20N2S/c1-9(2)14(6-11-4-10(11)3)7-12-5-13-8-15-12/h5,8-11H,4,6-7H2,1-3H3/t10-,11+/m1/s1. The molecule has 2 nitrogen and oxygen atoms in total. The van der Waals surface area contributed by atoms with Gasteiger partial charge in [0.05, 0.1) is 5.51 Å². The molecule has 0 saturated heterocycles. The molecule has 0 aromatic carbocycles. The summed E-state index contributed by atoms with van der Waals surface area (Å²) < 4.78 is 0. The lowest BCUT2D eigenvalue weighted by Gasteiger charge is -2.25. The number of hydrogen-bond acceptors (Lipinski definition) is 3. The van der Waals surface area contributed by atoms with Crippen molar-refractivity contribution in [2.45, 2.75) is 39.8 Å². The first-order valence-electron chi connectivity index (χ1n) is 5.78. The van der Waals surface area contributed by atoms with Crippen molar-refractivity contribution < 1.29 is 0 Å². The van der Waals surface area contributed by atoms with Crippen molar-refractivity contribution in [2.24, 2.45) is 11.8 Å². The molecule has 1 aliphatic rings. The lowest BCUT2D eigenvalue weighted by molar-refractivity contribution is 0.202. The van der Waals surface area contributed by atoms with E-state index in [0.29, 0.717) is 6.04 Å². The van der Waals surface area contributed by atoms with Gasteiger partial charge in [-0.25, -0.2) is 0 Å². The van der Waals surface area contributed by atoms with Gasteiger partial charge in [-0.3, -0.25) is 9.88 Å². The summed E-state index contributed by atoms with van der Waals surface area (Å²) in [6.45, 7) is 9.26. The van der Waals surface area contributed by atoms with Gasteiger partial charge in [0, 0.05) is 30.2 Å². The average molecular weight is 224 g/mol. The molecule has 0 radical (unpaired) electrons. The summed E-state index contributed by atoms with van der Waals surface area (Å²) in [5, 5.41) is 0. The van der Waals surface area contributed by atoms with Crippen LogP contribution in [0.1, 0.15) is 32.1 Å². The molecule has 0 aliphatic heterocycles. The summed E-state index contributed by atoms with van der Waals surface area (Å²) >= 11 is 1.76. The fraction of sp³-hybridized carbons (Fsp3) is 0.750. The smallest absolute Gasteiger partial charge is 0.0794 e. The first-order chi connectivity index (χ1) is 7.16. The molecular weight excluding hydrogens is 204 g/mol. The SMILES string of the molecule is CC(C)N(Cc1cncs1)C[C@@H]1C[C@H]1C. The molecule has 1 aliphatic carbocycles. The van der Waals surface area contributed by atoms with E-state index in [2.05, 4.69) is 30.7 Å². The summed E-state index contributed by atoms with van der Waals surface area (Å²) in [6.07, 6.45) is 3.42. The van der Waals surface area contributed by atoms with E-state index >= 15 is 0 Å². The van der Waals surface area contributed by atoms with Gasteiger partial charge >= 0.3 is 0 Å². The normalized spacial score (nSPS) is 25.1. The van der Waals surface area contributed by atoms with Crippen LogP contribution in [0.5, 0.6) is 0 Å². The molecule has 1 heterocycles. The molecule has 1 saturated carbocycles. The summed E-state index contributed by atoms with van der Waals surface area (Å²) in [5.74, 6) is 1.90. The molecule has 1 aromatic heterocycles. The third-order valence-corrected chi connectivity index (χ3v) is 4.08. The maximum Gasteiger partial charge on any atom is 0.0794 e. The Balaban J connectivity index is 1.88. The van der Waals surface area contributed by atoms with E-state index < -0.39 is 0 Å². The first-order valence-corrected chi connectivity index (χ1v) is 6.66. The van der Waals surface area contributed by atoms with Crippen LogP contribution in [0.25, 0.3) is 0 Å².